The molecule has 0 aliphatic rings. The van der Waals surface area contributed by atoms with E-state index < -0.39 is 0 Å². The van der Waals surface area contributed by atoms with E-state index in [0.717, 1.165) is 11.3 Å². The van der Waals surface area contributed by atoms with Crippen LogP contribution in [-0.2, 0) is 6.54 Å². The summed E-state index contributed by atoms with van der Waals surface area (Å²) < 4.78 is 1.63. The third-order valence-electron chi connectivity index (χ3n) is 3.38. The molecule has 0 saturated heterocycles. The van der Waals surface area contributed by atoms with Gasteiger partial charge in [0.15, 0.2) is 0 Å². The van der Waals surface area contributed by atoms with Crippen molar-refractivity contribution in [2.45, 2.75) is 40.3 Å². The standard InChI is InChI=1S/C16H21N3O/c1-10-5-11(2)7-14(6-10)15(17)9-19-13(4)18-12(3)8-16(19)20/h5-8,15H,9,17H2,1-4H3. The summed E-state index contributed by atoms with van der Waals surface area (Å²) in [7, 11) is 0. The zero-order chi connectivity index (χ0) is 14.9. The Labute approximate surface area is 119 Å². The van der Waals surface area contributed by atoms with Gasteiger partial charge in [0, 0.05) is 24.3 Å². The van der Waals surface area contributed by atoms with Crippen LogP contribution in [0.2, 0.25) is 0 Å². The number of rotatable bonds is 3. The van der Waals surface area contributed by atoms with E-state index in [1.807, 2.05) is 27.7 Å². The fourth-order valence-electron chi connectivity index (χ4n) is 2.51. The van der Waals surface area contributed by atoms with Gasteiger partial charge in [-0.15, -0.1) is 0 Å². The van der Waals surface area contributed by atoms with Crippen LogP contribution in [0, 0.1) is 27.7 Å². The first-order chi connectivity index (χ1) is 9.36. The molecule has 1 aromatic carbocycles. The first-order valence-electron chi connectivity index (χ1n) is 6.75. The van der Waals surface area contributed by atoms with Gasteiger partial charge in [-0.3, -0.25) is 9.36 Å². The topological polar surface area (TPSA) is 60.9 Å². The molecule has 0 spiro atoms. The number of benzene rings is 1. The van der Waals surface area contributed by atoms with E-state index in [2.05, 4.69) is 23.2 Å². The summed E-state index contributed by atoms with van der Waals surface area (Å²) in [6.45, 7) is 8.20. The van der Waals surface area contributed by atoms with Crippen LogP contribution in [-0.4, -0.2) is 9.55 Å². The Hall–Kier alpha value is -1.94. The molecule has 1 aromatic heterocycles. The second kappa shape index (κ2) is 5.59. The van der Waals surface area contributed by atoms with Gasteiger partial charge in [0.2, 0.25) is 0 Å². The molecule has 0 radical (unpaired) electrons. The molecule has 4 nitrogen and oxygen atoms in total. The maximum atomic E-state index is 12.0. The van der Waals surface area contributed by atoms with Crippen molar-refractivity contribution < 1.29 is 0 Å². The SMILES string of the molecule is Cc1cc(C)cc(C(N)Cn2c(C)nc(C)cc2=O)c1. The average Bonchev–Trinajstić information content (AvgIpc) is 2.32. The van der Waals surface area contributed by atoms with E-state index in [0.29, 0.717) is 12.4 Å². The van der Waals surface area contributed by atoms with E-state index in [9.17, 15) is 4.79 Å². The molecular formula is C16H21N3O. The molecule has 0 aliphatic heterocycles. The monoisotopic (exact) mass is 271 g/mol. The van der Waals surface area contributed by atoms with Crippen LogP contribution in [0.25, 0.3) is 0 Å². The van der Waals surface area contributed by atoms with Gasteiger partial charge in [-0.2, -0.15) is 0 Å². The number of aryl methyl sites for hydroxylation is 4. The van der Waals surface area contributed by atoms with Crippen molar-refractivity contribution in [3.05, 3.63) is 62.8 Å². The van der Waals surface area contributed by atoms with Gasteiger partial charge in [0.05, 0.1) is 0 Å². The first kappa shape index (κ1) is 14.5. The summed E-state index contributed by atoms with van der Waals surface area (Å²) in [6, 6.07) is 7.58. The Kier molecular flexibility index (Phi) is 4.04. The number of nitrogens with two attached hydrogens (primary N) is 1. The summed E-state index contributed by atoms with van der Waals surface area (Å²) in [5.74, 6) is 0.704. The number of aromatic nitrogens is 2. The van der Waals surface area contributed by atoms with Gasteiger partial charge in [-0.1, -0.05) is 29.3 Å². The summed E-state index contributed by atoms with van der Waals surface area (Å²) in [5.41, 5.74) is 10.4. The maximum Gasteiger partial charge on any atom is 0.253 e. The zero-order valence-electron chi connectivity index (χ0n) is 12.5. The predicted molar refractivity (Wildman–Crippen MR) is 80.8 cm³/mol. The molecule has 0 bridgehead atoms. The molecule has 1 atom stereocenters. The van der Waals surface area contributed by atoms with E-state index in [-0.39, 0.29) is 11.6 Å². The molecule has 4 heteroatoms. The van der Waals surface area contributed by atoms with Crippen molar-refractivity contribution in [3.8, 4) is 0 Å². The second-order valence-electron chi connectivity index (χ2n) is 5.42. The van der Waals surface area contributed by atoms with Crippen molar-refractivity contribution in [2.24, 2.45) is 5.73 Å². The van der Waals surface area contributed by atoms with Crippen LogP contribution < -0.4 is 11.3 Å². The van der Waals surface area contributed by atoms with E-state index in [1.54, 1.807) is 10.6 Å². The van der Waals surface area contributed by atoms with Gasteiger partial charge in [0.1, 0.15) is 5.82 Å². The fourth-order valence-corrected chi connectivity index (χ4v) is 2.51. The quantitative estimate of drug-likeness (QED) is 0.930. The highest BCUT2D eigenvalue weighted by molar-refractivity contribution is 5.30. The van der Waals surface area contributed by atoms with Crippen molar-refractivity contribution in [1.82, 2.24) is 9.55 Å². The van der Waals surface area contributed by atoms with Crippen molar-refractivity contribution in [1.29, 1.82) is 0 Å². The lowest BCUT2D eigenvalue weighted by molar-refractivity contribution is 0.538. The Balaban J connectivity index is 2.32. The minimum atomic E-state index is -0.213. The van der Waals surface area contributed by atoms with Crippen molar-refractivity contribution in [3.63, 3.8) is 0 Å². The molecule has 2 rings (SSSR count). The van der Waals surface area contributed by atoms with Crippen LogP contribution in [0.4, 0.5) is 0 Å². The minimum absolute atomic E-state index is 0.0465. The highest BCUT2D eigenvalue weighted by atomic mass is 16.1. The van der Waals surface area contributed by atoms with Crippen LogP contribution in [0.1, 0.15) is 34.3 Å². The summed E-state index contributed by atoms with van der Waals surface area (Å²) >= 11 is 0. The van der Waals surface area contributed by atoms with Gasteiger partial charge in [-0.05, 0) is 33.3 Å². The first-order valence-corrected chi connectivity index (χ1v) is 6.75. The molecule has 2 N–H and O–H groups in total. The van der Waals surface area contributed by atoms with E-state index in [1.165, 1.54) is 11.1 Å². The van der Waals surface area contributed by atoms with E-state index >= 15 is 0 Å². The lowest BCUT2D eigenvalue weighted by Gasteiger charge is -2.17. The third kappa shape index (κ3) is 3.14. The summed E-state index contributed by atoms with van der Waals surface area (Å²) in [5, 5.41) is 0. The molecule has 0 amide bonds. The zero-order valence-corrected chi connectivity index (χ0v) is 12.5. The Morgan fingerprint density at radius 3 is 2.25 bits per heavy atom. The van der Waals surface area contributed by atoms with Crippen LogP contribution >= 0.6 is 0 Å². The molecule has 2 aromatic rings. The second-order valence-corrected chi connectivity index (χ2v) is 5.42. The lowest BCUT2D eigenvalue weighted by atomic mass is 10.0. The normalized spacial score (nSPS) is 12.4. The molecule has 1 unspecified atom stereocenters. The maximum absolute atomic E-state index is 12.0. The Morgan fingerprint density at radius 2 is 1.70 bits per heavy atom. The fraction of sp³-hybridized carbons (Fsp3) is 0.375. The van der Waals surface area contributed by atoms with Gasteiger partial charge in [-0.25, -0.2) is 4.98 Å². The summed E-state index contributed by atoms with van der Waals surface area (Å²) in [6.07, 6.45) is 0. The molecule has 0 fully saturated rings. The molecule has 106 valence electrons. The third-order valence-corrected chi connectivity index (χ3v) is 3.38. The summed E-state index contributed by atoms with van der Waals surface area (Å²) in [4.78, 5) is 16.4. The van der Waals surface area contributed by atoms with Crippen LogP contribution in [0.3, 0.4) is 0 Å². The Bertz CT molecular complexity index is 668. The lowest BCUT2D eigenvalue weighted by Crippen LogP contribution is -2.29. The average molecular weight is 271 g/mol. The van der Waals surface area contributed by atoms with Gasteiger partial charge in [0.25, 0.3) is 5.56 Å². The molecule has 0 aliphatic carbocycles. The smallest absolute Gasteiger partial charge is 0.253 e. The molecule has 0 saturated carbocycles. The van der Waals surface area contributed by atoms with Crippen LogP contribution in [0.15, 0.2) is 29.1 Å². The molecular weight excluding hydrogens is 250 g/mol. The predicted octanol–water partition coefficient (Wildman–Crippen LogP) is 2.18. The van der Waals surface area contributed by atoms with E-state index in [4.69, 9.17) is 5.73 Å². The number of nitrogens with zero attached hydrogens (tertiary/aromatic N) is 2. The largest absolute Gasteiger partial charge is 0.322 e. The Morgan fingerprint density at radius 1 is 1.10 bits per heavy atom. The molecule has 1 heterocycles. The van der Waals surface area contributed by atoms with Crippen molar-refractivity contribution in [2.75, 3.05) is 0 Å². The highest BCUT2D eigenvalue weighted by Crippen LogP contribution is 2.16. The highest BCUT2D eigenvalue weighted by Gasteiger charge is 2.11. The number of hydrogen-bond donors (Lipinski definition) is 1. The number of hydrogen-bond acceptors (Lipinski definition) is 3. The van der Waals surface area contributed by atoms with Crippen LogP contribution in [0.5, 0.6) is 0 Å². The minimum Gasteiger partial charge on any atom is -0.322 e. The van der Waals surface area contributed by atoms with Gasteiger partial charge < -0.3 is 5.73 Å². The molecule has 20 heavy (non-hydrogen) atoms. The van der Waals surface area contributed by atoms with Gasteiger partial charge >= 0.3 is 0 Å². The van der Waals surface area contributed by atoms with Crippen molar-refractivity contribution >= 4 is 0 Å².